The van der Waals surface area contributed by atoms with Crippen molar-refractivity contribution in [3.63, 3.8) is 0 Å². The molecule has 7 nitrogen and oxygen atoms in total. The zero-order valence-electron chi connectivity index (χ0n) is 14.8. The van der Waals surface area contributed by atoms with Gasteiger partial charge in [0.15, 0.2) is 0 Å². The summed E-state index contributed by atoms with van der Waals surface area (Å²) < 4.78 is 32.6. The highest BCUT2D eigenvalue weighted by Crippen LogP contribution is 2.27. The Balaban J connectivity index is 1.84. The molecular formula is C19H17ClN2O5S. The van der Waals surface area contributed by atoms with Gasteiger partial charge >= 0.3 is 0 Å². The lowest BCUT2D eigenvalue weighted by Crippen LogP contribution is -2.24. The lowest BCUT2D eigenvalue weighted by atomic mass is 10.1. The van der Waals surface area contributed by atoms with Crippen molar-refractivity contribution < 1.29 is 22.7 Å². The number of sulfonamides is 1. The minimum Gasteiger partial charge on any atom is -0.506 e. The molecule has 3 aromatic rings. The Kier molecular flexibility index (Phi) is 5.73. The minimum atomic E-state index is -3.86. The van der Waals surface area contributed by atoms with Gasteiger partial charge in [-0.1, -0.05) is 17.7 Å². The fourth-order valence-corrected chi connectivity index (χ4v) is 3.66. The van der Waals surface area contributed by atoms with Crippen molar-refractivity contribution in [3.8, 4) is 5.75 Å². The second kappa shape index (κ2) is 8.05. The first kappa shape index (κ1) is 19.9. The molecule has 1 amide bonds. The number of anilines is 1. The molecule has 3 rings (SSSR count). The third kappa shape index (κ3) is 4.53. The molecule has 2 aromatic carbocycles. The number of aromatic hydroxyl groups is 1. The molecule has 1 aromatic heterocycles. The number of phenolic OH excluding ortho intramolecular Hbond substituents is 1. The van der Waals surface area contributed by atoms with E-state index in [9.17, 15) is 18.3 Å². The second-order valence-corrected chi connectivity index (χ2v) is 8.20. The van der Waals surface area contributed by atoms with E-state index in [1.54, 1.807) is 19.1 Å². The molecule has 0 aliphatic rings. The van der Waals surface area contributed by atoms with E-state index in [0.717, 1.165) is 0 Å². The van der Waals surface area contributed by atoms with Crippen LogP contribution in [0.3, 0.4) is 0 Å². The molecule has 9 heteroatoms. The maximum atomic E-state index is 12.6. The van der Waals surface area contributed by atoms with Crippen molar-refractivity contribution in [1.82, 2.24) is 4.72 Å². The molecule has 0 aliphatic carbocycles. The average molecular weight is 421 g/mol. The smallest absolute Gasteiger partial charge is 0.256 e. The topological polar surface area (TPSA) is 109 Å². The first-order chi connectivity index (χ1) is 13.3. The van der Waals surface area contributed by atoms with Gasteiger partial charge in [-0.3, -0.25) is 4.79 Å². The van der Waals surface area contributed by atoms with E-state index < -0.39 is 15.9 Å². The molecule has 0 radical (unpaired) electrons. The van der Waals surface area contributed by atoms with Crippen LogP contribution in [0, 0.1) is 6.92 Å². The number of hydrogen-bond donors (Lipinski definition) is 3. The Labute approximate surface area is 167 Å². The monoisotopic (exact) mass is 420 g/mol. The van der Waals surface area contributed by atoms with Crippen LogP contribution in [0.1, 0.15) is 21.7 Å². The summed E-state index contributed by atoms with van der Waals surface area (Å²) in [5.41, 5.74) is 0.852. The highest BCUT2D eigenvalue weighted by atomic mass is 35.5. The maximum absolute atomic E-state index is 12.6. The summed E-state index contributed by atoms with van der Waals surface area (Å²) in [5.74, 6) is -0.262. The van der Waals surface area contributed by atoms with Crippen LogP contribution in [-0.2, 0) is 16.6 Å². The molecule has 0 aliphatic heterocycles. The van der Waals surface area contributed by atoms with Gasteiger partial charge in [0.25, 0.3) is 5.91 Å². The van der Waals surface area contributed by atoms with E-state index in [1.807, 2.05) is 0 Å². The molecule has 0 saturated heterocycles. The van der Waals surface area contributed by atoms with Crippen LogP contribution in [0.15, 0.2) is 64.1 Å². The number of amides is 1. The number of carbonyl (C=O) groups excluding carboxylic acids is 1. The van der Waals surface area contributed by atoms with Crippen LogP contribution in [0.2, 0.25) is 5.02 Å². The van der Waals surface area contributed by atoms with Crippen LogP contribution in [0.25, 0.3) is 0 Å². The van der Waals surface area contributed by atoms with E-state index in [1.165, 1.54) is 42.7 Å². The van der Waals surface area contributed by atoms with Gasteiger partial charge in [0.1, 0.15) is 11.5 Å². The predicted octanol–water partition coefficient (Wildman–Crippen LogP) is 3.68. The molecule has 0 unspecified atom stereocenters. The van der Waals surface area contributed by atoms with E-state index in [-0.39, 0.29) is 28.4 Å². The van der Waals surface area contributed by atoms with Gasteiger partial charge in [0.2, 0.25) is 10.0 Å². The molecule has 0 fully saturated rings. The molecule has 0 atom stereocenters. The molecule has 28 heavy (non-hydrogen) atoms. The number of hydrogen-bond acceptors (Lipinski definition) is 5. The zero-order valence-corrected chi connectivity index (χ0v) is 16.3. The molecule has 0 spiro atoms. The fraction of sp³-hybridized carbons (Fsp3) is 0.105. The molecule has 3 N–H and O–H groups in total. The summed E-state index contributed by atoms with van der Waals surface area (Å²) in [7, 11) is -3.86. The summed E-state index contributed by atoms with van der Waals surface area (Å²) in [5, 5.41) is 12.7. The molecule has 146 valence electrons. The highest BCUT2D eigenvalue weighted by Gasteiger charge is 2.19. The molecular weight excluding hydrogens is 404 g/mol. The third-order valence-corrected chi connectivity index (χ3v) is 5.62. The number of carbonyl (C=O) groups is 1. The Morgan fingerprint density at radius 3 is 2.68 bits per heavy atom. The normalized spacial score (nSPS) is 11.4. The number of furan rings is 1. The van der Waals surface area contributed by atoms with Crippen molar-refractivity contribution >= 4 is 33.2 Å². The summed E-state index contributed by atoms with van der Waals surface area (Å²) in [6, 6.07) is 11.8. The quantitative estimate of drug-likeness (QED) is 0.527. The van der Waals surface area contributed by atoms with E-state index in [2.05, 4.69) is 10.0 Å². The van der Waals surface area contributed by atoms with Crippen molar-refractivity contribution in [3.05, 3.63) is 76.7 Å². The van der Waals surface area contributed by atoms with Crippen molar-refractivity contribution in [2.24, 2.45) is 0 Å². The number of rotatable bonds is 6. The van der Waals surface area contributed by atoms with Crippen molar-refractivity contribution in [2.45, 2.75) is 18.4 Å². The highest BCUT2D eigenvalue weighted by molar-refractivity contribution is 7.89. The summed E-state index contributed by atoms with van der Waals surface area (Å²) >= 11 is 5.88. The molecule has 1 heterocycles. The zero-order chi connectivity index (χ0) is 20.3. The van der Waals surface area contributed by atoms with Gasteiger partial charge < -0.3 is 14.8 Å². The summed E-state index contributed by atoms with van der Waals surface area (Å²) in [4.78, 5) is 12.6. The Morgan fingerprint density at radius 1 is 1.18 bits per heavy atom. The van der Waals surface area contributed by atoms with Gasteiger partial charge in [-0.05, 0) is 55.0 Å². The molecule has 0 saturated carbocycles. The maximum Gasteiger partial charge on any atom is 0.256 e. The standard InChI is InChI=1S/C19H17ClN2O5S/c1-12-4-6-15(28(25,26)21-11-14-3-2-8-27-14)10-16(12)19(24)22-17-9-13(20)5-7-18(17)23/h2-10,21,23H,11H2,1H3,(H,22,24). The SMILES string of the molecule is Cc1ccc(S(=O)(=O)NCc2ccco2)cc1C(=O)Nc1cc(Cl)ccc1O. The summed E-state index contributed by atoms with van der Waals surface area (Å²) in [6.45, 7) is 1.67. The minimum absolute atomic E-state index is 0.0128. The van der Waals surface area contributed by atoms with Crippen LogP contribution < -0.4 is 10.0 Å². The lowest BCUT2D eigenvalue weighted by Gasteiger charge is -2.12. The van der Waals surface area contributed by atoms with Crippen molar-refractivity contribution in [2.75, 3.05) is 5.32 Å². The van der Waals surface area contributed by atoms with Gasteiger partial charge in [-0.2, -0.15) is 0 Å². The average Bonchev–Trinajstić information content (AvgIpc) is 3.17. The van der Waals surface area contributed by atoms with E-state index in [4.69, 9.17) is 16.0 Å². The fourth-order valence-electron chi connectivity index (χ4n) is 2.47. The van der Waals surface area contributed by atoms with Gasteiger partial charge in [0.05, 0.1) is 23.4 Å². The van der Waals surface area contributed by atoms with E-state index in [0.29, 0.717) is 16.3 Å². The van der Waals surface area contributed by atoms with Gasteiger partial charge in [0, 0.05) is 10.6 Å². The Bertz CT molecular complexity index is 1110. The largest absolute Gasteiger partial charge is 0.506 e. The number of aryl methyl sites for hydroxylation is 1. The van der Waals surface area contributed by atoms with Crippen molar-refractivity contribution in [1.29, 1.82) is 0 Å². The number of nitrogens with one attached hydrogen (secondary N) is 2. The molecule has 0 bridgehead atoms. The first-order valence-corrected chi connectivity index (χ1v) is 10.0. The summed E-state index contributed by atoms with van der Waals surface area (Å²) in [6.07, 6.45) is 1.45. The predicted molar refractivity (Wildman–Crippen MR) is 105 cm³/mol. The Hall–Kier alpha value is -2.81. The van der Waals surface area contributed by atoms with Crippen LogP contribution in [0.4, 0.5) is 5.69 Å². The van der Waals surface area contributed by atoms with Crippen LogP contribution >= 0.6 is 11.6 Å². The first-order valence-electron chi connectivity index (χ1n) is 8.19. The lowest BCUT2D eigenvalue weighted by molar-refractivity contribution is 0.102. The van der Waals surface area contributed by atoms with Crippen LogP contribution in [-0.4, -0.2) is 19.4 Å². The number of halogens is 1. The number of phenols is 1. The second-order valence-electron chi connectivity index (χ2n) is 6.00. The third-order valence-electron chi connectivity index (χ3n) is 3.99. The van der Waals surface area contributed by atoms with Gasteiger partial charge in [-0.15, -0.1) is 0 Å². The van der Waals surface area contributed by atoms with Gasteiger partial charge in [-0.25, -0.2) is 13.1 Å². The van der Waals surface area contributed by atoms with Crippen LogP contribution in [0.5, 0.6) is 5.75 Å². The Morgan fingerprint density at radius 2 is 1.96 bits per heavy atom. The number of benzene rings is 2. The van der Waals surface area contributed by atoms with E-state index >= 15 is 0 Å².